The number of hydrogen-bond donors (Lipinski definition) is 2. The number of nitrogens with zero attached hydrogens (tertiary/aromatic N) is 4. The smallest absolute Gasteiger partial charge is 0.222 e. The highest BCUT2D eigenvalue weighted by Crippen LogP contribution is 2.19. The summed E-state index contributed by atoms with van der Waals surface area (Å²) in [4.78, 5) is 25.1. The highest BCUT2D eigenvalue weighted by molar-refractivity contribution is 14.0. The Morgan fingerprint density at radius 3 is 2.65 bits per heavy atom. The number of amides is 1. The highest BCUT2D eigenvalue weighted by atomic mass is 127. The summed E-state index contributed by atoms with van der Waals surface area (Å²) in [7, 11) is 0. The predicted octanol–water partition coefficient (Wildman–Crippen LogP) is 2.04. The van der Waals surface area contributed by atoms with E-state index in [4.69, 9.17) is 5.73 Å². The molecule has 0 bridgehead atoms. The van der Waals surface area contributed by atoms with Gasteiger partial charge in [-0.3, -0.25) is 9.79 Å². The summed E-state index contributed by atoms with van der Waals surface area (Å²) in [5.74, 6) is 0.640. The molecular weight excluding hydrogens is 463 g/mol. The van der Waals surface area contributed by atoms with Crippen molar-refractivity contribution < 1.29 is 4.79 Å². The van der Waals surface area contributed by atoms with Gasteiger partial charge in [-0.05, 0) is 12.8 Å². The lowest BCUT2D eigenvalue weighted by molar-refractivity contribution is -0.121. The van der Waals surface area contributed by atoms with Crippen LogP contribution in [0.4, 0.5) is 5.13 Å². The molecule has 1 aromatic heterocycles. The monoisotopic (exact) mass is 492 g/mol. The molecule has 3 rings (SSSR count). The van der Waals surface area contributed by atoms with Crippen LogP contribution >= 0.6 is 35.3 Å². The van der Waals surface area contributed by atoms with Crippen LogP contribution in [-0.2, 0) is 4.79 Å². The number of guanidine groups is 1. The molecule has 2 fully saturated rings. The Hall–Kier alpha value is -1.10. The second kappa shape index (κ2) is 10.9. The van der Waals surface area contributed by atoms with E-state index in [9.17, 15) is 4.79 Å². The molecule has 1 saturated heterocycles. The number of halogens is 1. The third-order valence-electron chi connectivity index (χ3n) is 4.88. The Labute approximate surface area is 176 Å². The number of carbonyl (C=O) groups excluding carboxylic acids is 1. The van der Waals surface area contributed by atoms with Gasteiger partial charge >= 0.3 is 0 Å². The fraction of sp³-hybridized carbons (Fsp3) is 0.706. The van der Waals surface area contributed by atoms with E-state index in [0.29, 0.717) is 25.0 Å². The minimum Gasteiger partial charge on any atom is -0.370 e. The van der Waals surface area contributed by atoms with E-state index in [2.05, 4.69) is 25.1 Å². The molecular formula is C17H29IN6OS. The number of piperazine rings is 1. The van der Waals surface area contributed by atoms with Crippen molar-refractivity contribution >= 4 is 52.3 Å². The minimum absolute atomic E-state index is 0. The van der Waals surface area contributed by atoms with Gasteiger partial charge in [0.2, 0.25) is 5.91 Å². The molecule has 2 heterocycles. The maximum Gasteiger partial charge on any atom is 0.222 e. The Morgan fingerprint density at radius 1 is 1.27 bits per heavy atom. The van der Waals surface area contributed by atoms with Crippen molar-refractivity contribution in [3.63, 3.8) is 0 Å². The van der Waals surface area contributed by atoms with E-state index >= 15 is 0 Å². The summed E-state index contributed by atoms with van der Waals surface area (Å²) >= 11 is 1.66. The van der Waals surface area contributed by atoms with Crippen LogP contribution in [0, 0.1) is 0 Å². The minimum atomic E-state index is 0. The third kappa shape index (κ3) is 6.26. The molecule has 0 aromatic carbocycles. The van der Waals surface area contributed by atoms with Crippen LogP contribution in [0.3, 0.4) is 0 Å². The lowest BCUT2D eigenvalue weighted by Gasteiger charge is -2.35. The molecule has 9 heteroatoms. The van der Waals surface area contributed by atoms with Gasteiger partial charge in [0.1, 0.15) is 0 Å². The van der Waals surface area contributed by atoms with Crippen LogP contribution < -0.4 is 16.0 Å². The molecule has 7 nitrogen and oxygen atoms in total. The van der Waals surface area contributed by atoms with E-state index in [-0.39, 0.29) is 29.9 Å². The van der Waals surface area contributed by atoms with Gasteiger partial charge in [0.15, 0.2) is 11.1 Å². The topological polar surface area (TPSA) is 86.8 Å². The van der Waals surface area contributed by atoms with Gasteiger partial charge in [-0.15, -0.1) is 35.3 Å². The normalized spacial score (nSPS) is 19.2. The fourth-order valence-corrected chi connectivity index (χ4v) is 4.11. The zero-order valence-corrected chi connectivity index (χ0v) is 18.2. The number of nitrogens with two attached hydrogens (primary N) is 1. The molecule has 0 radical (unpaired) electrons. The van der Waals surface area contributed by atoms with Crippen LogP contribution in [0.25, 0.3) is 0 Å². The molecule has 1 saturated carbocycles. The van der Waals surface area contributed by atoms with Crippen LogP contribution in [-0.4, -0.2) is 60.5 Å². The maximum absolute atomic E-state index is 12.0. The Balaban J connectivity index is 0.00000243. The molecule has 3 N–H and O–H groups in total. The average molecular weight is 492 g/mol. The second-order valence-corrected chi connectivity index (χ2v) is 7.55. The number of nitrogens with one attached hydrogen (secondary N) is 1. The van der Waals surface area contributed by atoms with Gasteiger partial charge in [-0.2, -0.15) is 0 Å². The molecule has 2 aliphatic rings. The van der Waals surface area contributed by atoms with Gasteiger partial charge < -0.3 is 20.9 Å². The molecule has 146 valence electrons. The fourth-order valence-electron chi connectivity index (χ4n) is 3.42. The number of rotatable bonds is 5. The standard InChI is InChI=1S/C17H28N6OS.HI/c18-16(19-7-6-15(24)21-14-4-2-1-3-5-14)22-9-11-23(12-10-22)17-20-8-13-25-17;/h8,13-14H,1-7,9-12H2,(H2,18,19)(H,21,24);1H. The second-order valence-electron chi connectivity index (χ2n) is 6.68. The Morgan fingerprint density at radius 2 is 2.00 bits per heavy atom. The molecule has 0 spiro atoms. The average Bonchev–Trinajstić information content (AvgIpc) is 3.17. The first-order chi connectivity index (χ1) is 12.2. The van der Waals surface area contributed by atoms with Crippen molar-refractivity contribution in [2.24, 2.45) is 10.7 Å². The Bertz CT molecular complexity index is 568. The van der Waals surface area contributed by atoms with E-state index in [1.54, 1.807) is 11.3 Å². The van der Waals surface area contributed by atoms with Gasteiger partial charge in [-0.25, -0.2) is 4.98 Å². The van der Waals surface area contributed by atoms with E-state index < -0.39 is 0 Å². The summed E-state index contributed by atoms with van der Waals surface area (Å²) in [5, 5.41) is 6.18. The lowest BCUT2D eigenvalue weighted by atomic mass is 9.95. The molecule has 0 atom stereocenters. The Kier molecular flexibility index (Phi) is 8.89. The van der Waals surface area contributed by atoms with E-state index in [0.717, 1.165) is 44.2 Å². The van der Waals surface area contributed by atoms with E-state index in [1.807, 2.05) is 11.6 Å². The summed E-state index contributed by atoms with van der Waals surface area (Å²) in [5.41, 5.74) is 6.10. The first-order valence-electron chi connectivity index (χ1n) is 9.21. The number of anilines is 1. The summed E-state index contributed by atoms with van der Waals surface area (Å²) in [6.07, 6.45) is 8.22. The van der Waals surface area contributed by atoms with Gasteiger partial charge in [0, 0.05) is 50.2 Å². The number of carbonyl (C=O) groups is 1. The molecule has 1 aromatic rings. The summed E-state index contributed by atoms with van der Waals surface area (Å²) in [6, 6.07) is 0.363. The lowest BCUT2D eigenvalue weighted by Crippen LogP contribution is -2.51. The maximum atomic E-state index is 12.0. The highest BCUT2D eigenvalue weighted by Gasteiger charge is 2.20. The van der Waals surface area contributed by atoms with Crippen molar-refractivity contribution in [3.8, 4) is 0 Å². The number of thiazole rings is 1. The van der Waals surface area contributed by atoms with Crippen LogP contribution in [0.1, 0.15) is 38.5 Å². The van der Waals surface area contributed by atoms with Crippen LogP contribution in [0.5, 0.6) is 0 Å². The molecule has 1 aliphatic carbocycles. The number of aliphatic imine (C=N–C) groups is 1. The first-order valence-corrected chi connectivity index (χ1v) is 10.1. The van der Waals surface area contributed by atoms with Crippen molar-refractivity contribution in [2.75, 3.05) is 37.6 Å². The van der Waals surface area contributed by atoms with Crippen molar-refractivity contribution in [1.82, 2.24) is 15.2 Å². The van der Waals surface area contributed by atoms with E-state index in [1.165, 1.54) is 19.3 Å². The van der Waals surface area contributed by atoms with Gasteiger partial charge in [0.05, 0.1) is 6.54 Å². The summed E-state index contributed by atoms with van der Waals surface area (Å²) in [6.45, 7) is 3.92. The number of aromatic nitrogens is 1. The first kappa shape index (κ1) is 21.2. The largest absolute Gasteiger partial charge is 0.370 e. The van der Waals surface area contributed by atoms with Crippen molar-refractivity contribution in [3.05, 3.63) is 11.6 Å². The zero-order chi connectivity index (χ0) is 17.5. The molecule has 1 amide bonds. The van der Waals surface area contributed by atoms with Gasteiger partial charge in [-0.1, -0.05) is 19.3 Å². The zero-order valence-electron chi connectivity index (χ0n) is 15.1. The predicted molar refractivity (Wildman–Crippen MR) is 117 cm³/mol. The summed E-state index contributed by atoms with van der Waals surface area (Å²) < 4.78 is 0. The molecule has 26 heavy (non-hydrogen) atoms. The van der Waals surface area contributed by atoms with Crippen LogP contribution in [0.15, 0.2) is 16.6 Å². The number of hydrogen-bond acceptors (Lipinski definition) is 5. The quantitative estimate of drug-likeness (QED) is 0.373. The molecule has 1 aliphatic heterocycles. The SMILES string of the molecule is I.NC(=NCCC(=O)NC1CCCCC1)N1CCN(c2nccs2)CC1. The molecule has 0 unspecified atom stereocenters. The third-order valence-corrected chi connectivity index (χ3v) is 5.71. The van der Waals surface area contributed by atoms with Gasteiger partial charge in [0.25, 0.3) is 0 Å². The van der Waals surface area contributed by atoms with Crippen molar-refractivity contribution in [1.29, 1.82) is 0 Å². The van der Waals surface area contributed by atoms with Crippen molar-refractivity contribution in [2.45, 2.75) is 44.6 Å². The van der Waals surface area contributed by atoms with Crippen LogP contribution in [0.2, 0.25) is 0 Å².